The zero-order chi connectivity index (χ0) is 21.5. The Morgan fingerprint density at radius 3 is 2.50 bits per heavy atom. The van der Waals surface area contributed by atoms with Crippen LogP contribution in [0.3, 0.4) is 0 Å². The van der Waals surface area contributed by atoms with Crippen LogP contribution in [0.1, 0.15) is 11.1 Å². The Balaban J connectivity index is 1.61. The normalized spacial score (nSPS) is 11.6. The van der Waals surface area contributed by atoms with Gasteiger partial charge in [-0.3, -0.25) is 0 Å². The van der Waals surface area contributed by atoms with Gasteiger partial charge in [-0.05, 0) is 42.8 Å². The topological polar surface area (TPSA) is 88.8 Å². The molecule has 4 aromatic rings. The van der Waals surface area contributed by atoms with E-state index in [1.54, 1.807) is 0 Å². The number of aryl methyl sites for hydroxylation is 1. The maximum atomic E-state index is 13.1. The van der Waals surface area contributed by atoms with E-state index in [2.05, 4.69) is 25.6 Å². The van der Waals surface area contributed by atoms with E-state index in [9.17, 15) is 13.2 Å². The predicted molar refractivity (Wildman–Crippen MR) is 114 cm³/mol. The van der Waals surface area contributed by atoms with Gasteiger partial charge in [0.2, 0.25) is 0 Å². The predicted octanol–water partition coefficient (Wildman–Crippen LogP) is 6.14. The van der Waals surface area contributed by atoms with Crippen LogP contribution in [-0.2, 0) is 6.18 Å². The van der Waals surface area contributed by atoms with Crippen molar-refractivity contribution in [3.63, 3.8) is 0 Å². The molecule has 0 aliphatic carbocycles. The second kappa shape index (κ2) is 7.62. The van der Waals surface area contributed by atoms with E-state index in [1.807, 2.05) is 25.1 Å². The third-order valence-electron chi connectivity index (χ3n) is 4.19. The summed E-state index contributed by atoms with van der Waals surface area (Å²) in [5.41, 5.74) is 7.40. The number of anilines is 5. The Morgan fingerprint density at radius 1 is 1.03 bits per heavy atom. The number of nitrogen functional groups attached to an aromatic ring is 1. The average molecular weight is 451 g/mol. The molecule has 2 aromatic carbocycles. The Labute approximate surface area is 177 Å². The maximum Gasteiger partial charge on any atom is 0.417 e. The van der Waals surface area contributed by atoms with E-state index in [0.29, 0.717) is 5.13 Å². The molecule has 0 aliphatic rings. The van der Waals surface area contributed by atoms with E-state index in [0.717, 1.165) is 27.9 Å². The molecule has 0 fully saturated rings. The molecule has 4 rings (SSSR count). The van der Waals surface area contributed by atoms with E-state index >= 15 is 0 Å². The largest absolute Gasteiger partial charge is 0.417 e. The van der Waals surface area contributed by atoms with Crippen LogP contribution >= 0.6 is 22.9 Å². The SMILES string of the molecule is Cc1ccc2nc(Nc3ncnc(Nc4ccc(Cl)c(C(F)(F)F)c4)c3N)sc2c1. The van der Waals surface area contributed by atoms with Crippen molar-refractivity contribution in [3.8, 4) is 0 Å². The number of hydrogen-bond donors (Lipinski definition) is 3. The van der Waals surface area contributed by atoms with Crippen LogP contribution in [0.25, 0.3) is 10.2 Å². The van der Waals surface area contributed by atoms with Crippen molar-refractivity contribution in [2.75, 3.05) is 16.4 Å². The molecular weight excluding hydrogens is 437 g/mol. The Hall–Kier alpha value is -3.11. The number of nitrogens with two attached hydrogens (primary N) is 1. The van der Waals surface area contributed by atoms with Gasteiger partial charge in [-0.25, -0.2) is 15.0 Å². The highest BCUT2D eigenvalue weighted by Gasteiger charge is 2.33. The summed E-state index contributed by atoms with van der Waals surface area (Å²) in [6.07, 6.45) is -3.33. The van der Waals surface area contributed by atoms with Crippen molar-refractivity contribution < 1.29 is 13.2 Å². The first-order valence-electron chi connectivity index (χ1n) is 8.59. The first-order valence-corrected chi connectivity index (χ1v) is 9.78. The smallest absolute Gasteiger partial charge is 0.393 e. The quantitative estimate of drug-likeness (QED) is 0.346. The average Bonchev–Trinajstić information content (AvgIpc) is 3.07. The van der Waals surface area contributed by atoms with Crippen LogP contribution in [0.5, 0.6) is 0 Å². The maximum absolute atomic E-state index is 13.1. The minimum absolute atomic E-state index is 0.136. The van der Waals surface area contributed by atoms with Crippen LogP contribution in [-0.4, -0.2) is 15.0 Å². The van der Waals surface area contributed by atoms with Gasteiger partial charge < -0.3 is 16.4 Å². The third kappa shape index (κ3) is 4.10. The minimum Gasteiger partial charge on any atom is -0.393 e. The van der Waals surface area contributed by atoms with E-state index in [4.69, 9.17) is 17.3 Å². The Morgan fingerprint density at radius 2 is 1.77 bits per heavy atom. The van der Waals surface area contributed by atoms with Crippen LogP contribution in [0.15, 0.2) is 42.7 Å². The molecule has 0 bridgehead atoms. The van der Waals surface area contributed by atoms with Crippen LogP contribution < -0.4 is 16.4 Å². The Kier molecular flexibility index (Phi) is 5.12. The standard InChI is InChI=1S/C19H14ClF3N6S/c1-9-2-5-13-14(6-9)30-18(28-13)29-17-15(24)16(25-8-26-17)27-10-3-4-12(20)11(7-10)19(21,22)23/h2-8H,24H2,1H3,(H2,25,26,27,28,29). The molecule has 0 aliphatic heterocycles. The molecule has 4 N–H and O–H groups in total. The highest BCUT2D eigenvalue weighted by molar-refractivity contribution is 7.22. The lowest BCUT2D eigenvalue weighted by Gasteiger charge is -2.14. The molecule has 154 valence electrons. The first-order chi connectivity index (χ1) is 14.2. The van der Waals surface area contributed by atoms with Crippen molar-refractivity contribution in [1.29, 1.82) is 0 Å². The zero-order valence-electron chi connectivity index (χ0n) is 15.4. The highest BCUT2D eigenvalue weighted by atomic mass is 35.5. The number of hydrogen-bond acceptors (Lipinski definition) is 7. The third-order valence-corrected chi connectivity index (χ3v) is 5.45. The first kappa shape index (κ1) is 20.2. The number of thiazole rings is 1. The zero-order valence-corrected chi connectivity index (χ0v) is 17.0. The van der Waals surface area contributed by atoms with Gasteiger partial charge in [-0.2, -0.15) is 13.2 Å². The summed E-state index contributed by atoms with van der Waals surface area (Å²) in [5.74, 6) is 0.438. The minimum atomic E-state index is -4.58. The number of rotatable bonds is 4. The van der Waals surface area contributed by atoms with Crippen molar-refractivity contribution in [3.05, 3.63) is 58.9 Å². The molecule has 0 atom stereocenters. The van der Waals surface area contributed by atoms with E-state index in [-0.39, 0.29) is 23.0 Å². The lowest BCUT2D eigenvalue weighted by atomic mass is 10.2. The fourth-order valence-electron chi connectivity index (χ4n) is 2.74. The number of halogens is 4. The van der Waals surface area contributed by atoms with Gasteiger partial charge in [0, 0.05) is 5.69 Å². The molecule has 0 amide bonds. The molecule has 0 saturated carbocycles. The van der Waals surface area contributed by atoms with Crippen LogP contribution in [0.4, 0.5) is 41.3 Å². The summed E-state index contributed by atoms with van der Waals surface area (Å²) < 4.78 is 40.3. The van der Waals surface area contributed by atoms with Crippen LogP contribution in [0, 0.1) is 6.92 Å². The number of nitrogens with zero attached hydrogens (tertiary/aromatic N) is 3. The fraction of sp³-hybridized carbons (Fsp3) is 0.105. The number of alkyl halides is 3. The molecule has 0 spiro atoms. The summed E-state index contributed by atoms with van der Waals surface area (Å²) in [7, 11) is 0. The van der Waals surface area contributed by atoms with Crippen molar-refractivity contribution in [1.82, 2.24) is 15.0 Å². The number of benzene rings is 2. The summed E-state index contributed by atoms with van der Waals surface area (Å²) in [6.45, 7) is 1.99. The van der Waals surface area contributed by atoms with Gasteiger partial charge in [0.1, 0.15) is 12.0 Å². The summed E-state index contributed by atoms with van der Waals surface area (Å²) in [6, 6.07) is 9.37. The number of nitrogens with one attached hydrogen (secondary N) is 2. The molecule has 0 saturated heterocycles. The molecule has 30 heavy (non-hydrogen) atoms. The van der Waals surface area contributed by atoms with Gasteiger partial charge >= 0.3 is 6.18 Å². The molecule has 6 nitrogen and oxygen atoms in total. The van der Waals surface area contributed by atoms with Gasteiger partial charge in [-0.1, -0.05) is 29.0 Å². The van der Waals surface area contributed by atoms with Gasteiger partial charge in [0.05, 0.1) is 20.8 Å². The second-order valence-electron chi connectivity index (χ2n) is 6.42. The van der Waals surface area contributed by atoms with Gasteiger partial charge in [0.25, 0.3) is 0 Å². The van der Waals surface area contributed by atoms with Gasteiger partial charge in [0.15, 0.2) is 16.8 Å². The second-order valence-corrected chi connectivity index (χ2v) is 7.85. The lowest BCUT2D eigenvalue weighted by molar-refractivity contribution is -0.137. The molecule has 0 unspecified atom stereocenters. The van der Waals surface area contributed by atoms with Gasteiger partial charge in [-0.15, -0.1) is 0 Å². The fourth-order valence-corrected chi connectivity index (χ4v) is 3.93. The molecule has 11 heteroatoms. The molecule has 2 aromatic heterocycles. The van der Waals surface area contributed by atoms with Crippen LogP contribution in [0.2, 0.25) is 5.02 Å². The molecule has 0 radical (unpaired) electrons. The number of fused-ring (bicyclic) bond motifs is 1. The summed E-state index contributed by atoms with van der Waals surface area (Å²) in [5, 5.41) is 6.01. The summed E-state index contributed by atoms with van der Waals surface area (Å²) >= 11 is 7.09. The molecule has 2 heterocycles. The summed E-state index contributed by atoms with van der Waals surface area (Å²) in [4.78, 5) is 12.6. The van der Waals surface area contributed by atoms with E-state index in [1.165, 1.54) is 23.7 Å². The Bertz CT molecular complexity index is 1240. The highest BCUT2D eigenvalue weighted by Crippen LogP contribution is 2.37. The number of aromatic nitrogens is 3. The van der Waals surface area contributed by atoms with Crippen molar-refractivity contribution in [2.45, 2.75) is 13.1 Å². The lowest BCUT2D eigenvalue weighted by Crippen LogP contribution is -2.08. The van der Waals surface area contributed by atoms with Crippen molar-refractivity contribution in [2.24, 2.45) is 0 Å². The molecular formula is C19H14ClF3N6S. The van der Waals surface area contributed by atoms with E-state index < -0.39 is 16.8 Å². The van der Waals surface area contributed by atoms with Crippen molar-refractivity contribution >= 4 is 61.3 Å². The monoisotopic (exact) mass is 450 g/mol.